The SMILES string of the molecule is Cn1c2c(c(=O)[nH]c1=O)[N+](C)(CC(O)CO)C=N2. The van der Waals surface area contributed by atoms with Gasteiger partial charge in [-0.25, -0.2) is 9.28 Å². The van der Waals surface area contributed by atoms with Gasteiger partial charge in [0, 0.05) is 7.05 Å². The molecule has 0 bridgehead atoms. The van der Waals surface area contributed by atoms with Crippen LogP contribution in [-0.2, 0) is 7.05 Å². The number of rotatable bonds is 3. The van der Waals surface area contributed by atoms with Crippen LogP contribution in [0.15, 0.2) is 14.6 Å². The van der Waals surface area contributed by atoms with E-state index >= 15 is 0 Å². The van der Waals surface area contributed by atoms with Gasteiger partial charge in [-0.1, -0.05) is 0 Å². The summed E-state index contributed by atoms with van der Waals surface area (Å²) in [5.74, 6) is 0.274. The quantitative estimate of drug-likeness (QED) is 0.545. The monoisotopic (exact) mass is 255 g/mol. The number of aliphatic imine (C=N–C) groups is 1. The number of nitrogens with zero attached hydrogens (tertiary/aromatic N) is 3. The summed E-state index contributed by atoms with van der Waals surface area (Å²) in [7, 11) is 3.18. The van der Waals surface area contributed by atoms with Crippen LogP contribution in [0.25, 0.3) is 0 Å². The summed E-state index contributed by atoms with van der Waals surface area (Å²) < 4.78 is 1.18. The number of aliphatic hydroxyl groups is 2. The summed E-state index contributed by atoms with van der Waals surface area (Å²) in [6.07, 6.45) is 0.502. The van der Waals surface area contributed by atoms with E-state index in [4.69, 9.17) is 5.11 Å². The maximum absolute atomic E-state index is 11.9. The molecule has 0 amide bonds. The van der Waals surface area contributed by atoms with Crippen LogP contribution in [0.4, 0.5) is 11.5 Å². The zero-order chi connectivity index (χ0) is 13.5. The Morgan fingerprint density at radius 3 is 2.83 bits per heavy atom. The van der Waals surface area contributed by atoms with Gasteiger partial charge in [0.2, 0.25) is 11.5 Å². The number of hydrogen-bond donors (Lipinski definition) is 3. The lowest BCUT2D eigenvalue weighted by atomic mass is 10.3. The molecular formula is C10H15N4O4+. The highest BCUT2D eigenvalue weighted by Gasteiger charge is 2.38. The maximum atomic E-state index is 11.9. The molecule has 2 heterocycles. The smallest absolute Gasteiger partial charge is 0.330 e. The van der Waals surface area contributed by atoms with Gasteiger partial charge in [-0.05, 0) is 0 Å². The summed E-state index contributed by atoms with van der Waals surface area (Å²) in [6.45, 7) is -0.297. The summed E-state index contributed by atoms with van der Waals surface area (Å²) >= 11 is 0. The van der Waals surface area contributed by atoms with Crippen molar-refractivity contribution in [3.05, 3.63) is 20.8 Å². The molecule has 3 N–H and O–H groups in total. The van der Waals surface area contributed by atoms with Gasteiger partial charge >= 0.3 is 11.2 Å². The molecule has 8 nitrogen and oxygen atoms in total. The van der Waals surface area contributed by atoms with Crippen molar-refractivity contribution < 1.29 is 10.2 Å². The molecule has 0 aromatic carbocycles. The van der Waals surface area contributed by atoms with Crippen LogP contribution in [0.3, 0.4) is 0 Å². The number of nitrogens with one attached hydrogen (secondary N) is 1. The van der Waals surface area contributed by atoms with Gasteiger partial charge in [-0.15, -0.1) is 0 Å². The van der Waals surface area contributed by atoms with Gasteiger partial charge in [0.15, 0.2) is 6.34 Å². The molecule has 1 aliphatic heterocycles. The largest absolute Gasteiger partial charge is 0.393 e. The molecule has 1 aliphatic rings. The molecule has 0 fully saturated rings. The second-order valence-electron chi connectivity index (χ2n) is 4.52. The van der Waals surface area contributed by atoms with Crippen LogP contribution in [0.5, 0.6) is 0 Å². The molecule has 0 spiro atoms. The molecule has 0 radical (unpaired) electrons. The third kappa shape index (κ3) is 1.80. The minimum absolute atomic E-state index is 0.0550. The van der Waals surface area contributed by atoms with E-state index < -0.39 is 24.0 Å². The van der Waals surface area contributed by atoms with Crippen LogP contribution in [0.1, 0.15) is 0 Å². The molecule has 18 heavy (non-hydrogen) atoms. The Hall–Kier alpha value is -1.77. The highest BCUT2D eigenvalue weighted by Crippen LogP contribution is 2.31. The first kappa shape index (κ1) is 12.7. The molecule has 1 aromatic heterocycles. The fourth-order valence-corrected chi connectivity index (χ4v) is 2.08. The van der Waals surface area contributed by atoms with E-state index in [0.29, 0.717) is 0 Å². The Bertz CT molecular complexity index is 617. The summed E-state index contributed by atoms with van der Waals surface area (Å²) in [5.41, 5.74) is -0.783. The number of hydrogen-bond acceptors (Lipinski definition) is 5. The van der Waals surface area contributed by atoms with Crippen LogP contribution in [0, 0.1) is 0 Å². The Morgan fingerprint density at radius 2 is 2.22 bits per heavy atom. The topological polar surface area (TPSA) is 108 Å². The summed E-state index contributed by atoms with van der Waals surface area (Å²) in [6, 6.07) is 0. The maximum Gasteiger partial charge on any atom is 0.330 e. The van der Waals surface area contributed by atoms with E-state index in [1.807, 2.05) is 0 Å². The fraction of sp³-hybridized carbons (Fsp3) is 0.500. The van der Waals surface area contributed by atoms with E-state index in [0.717, 1.165) is 0 Å². The first-order chi connectivity index (χ1) is 8.39. The number of quaternary nitrogens is 1. The number of aliphatic hydroxyl groups excluding tert-OH is 2. The number of likely N-dealkylation sites (N-methyl/N-ethyl adjacent to an activating group) is 1. The minimum Gasteiger partial charge on any atom is -0.393 e. The van der Waals surface area contributed by atoms with Crippen molar-refractivity contribution in [3.8, 4) is 0 Å². The molecule has 2 atom stereocenters. The number of aromatic amines is 1. The first-order valence-corrected chi connectivity index (χ1v) is 5.42. The van der Waals surface area contributed by atoms with Crippen molar-refractivity contribution >= 4 is 17.8 Å². The van der Waals surface area contributed by atoms with E-state index in [1.54, 1.807) is 7.05 Å². The number of aromatic nitrogens is 2. The zero-order valence-corrected chi connectivity index (χ0v) is 10.1. The van der Waals surface area contributed by atoms with Gasteiger partial charge in [-0.3, -0.25) is 14.3 Å². The van der Waals surface area contributed by atoms with Crippen molar-refractivity contribution in [3.63, 3.8) is 0 Å². The molecule has 0 aliphatic carbocycles. The average Bonchev–Trinajstić information content (AvgIpc) is 2.64. The zero-order valence-electron chi connectivity index (χ0n) is 10.1. The van der Waals surface area contributed by atoms with Crippen molar-refractivity contribution in [1.82, 2.24) is 14.0 Å². The van der Waals surface area contributed by atoms with Crippen LogP contribution >= 0.6 is 0 Å². The molecule has 1 aromatic rings. The lowest BCUT2D eigenvalue weighted by Gasteiger charge is -2.26. The highest BCUT2D eigenvalue weighted by atomic mass is 16.3. The van der Waals surface area contributed by atoms with Crippen molar-refractivity contribution in [2.75, 3.05) is 20.2 Å². The molecule has 2 rings (SSSR count). The van der Waals surface area contributed by atoms with E-state index in [2.05, 4.69) is 9.98 Å². The minimum atomic E-state index is -0.968. The first-order valence-electron chi connectivity index (χ1n) is 5.42. The van der Waals surface area contributed by atoms with Crippen LogP contribution in [-0.4, -0.2) is 52.4 Å². The molecule has 0 saturated carbocycles. The Balaban J connectivity index is 2.58. The third-order valence-corrected chi connectivity index (χ3v) is 3.02. The lowest BCUT2D eigenvalue weighted by molar-refractivity contribution is 0.0823. The van der Waals surface area contributed by atoms with Gasteiger partial charge < -0.3 is 10.2 Å². The number of H-pyrrole nitrogens is 1. The summed E-state index contributed by atoms with van der Waals surface area (Å²) in [5, 5.41) is 18.4. The molecule has 98 valence electrons. The van der Waals surface area contributed by atoms with E-state index in [9.17, 15) is 14.7 Å². The van der Waals surface area contributed by atoms with Crippen molar-refractivity contribution in [2.24, 2.45) is 12.0 Å². The van der Waals surface area contributed by atoms with Crippen molar-refractivity contribution in [2.45, 2.75) is 6.10 Å². The average molecular weight is 255 g/mol. The van der Waals surface area contributed by atoms with Gasteiger partial charge in [0.05, 0.1) is 13.7 Å². The van der Waals surface area contributed by atoms with Gasteiger partial charge in [0.25, 0.3) is 0 Å². The lowest BCUT2D eigenvalue weighted by Crippen LogP contribution is -2.51. The predicted octanol–water partition coefficient (Wildman–Crippen LogP) is -1.96. The second-order valence-corrected chi connectivity index (χ2v) is 4.52. The second kappa shape index (κ2) is 4.16. The van der Waals surface area contributed by atoms with Crippen molar-refractivity contribution in [1.29, 1.82) is 0 Å². The van der Waals surface area contributed by atoms with Gasteiger partial charge in [-0.2, -0.15) is 4.99 Å². The predicted molar refractivity (Wildman–Crippen MR) is 66.1 cm³/mol. The normalized spacial score (nSPS) is 23.1. The van der Waals surface area contributed by atoms with Gasteiger partial charge in [0.1, 0.15) is 12.6 Å². The molecule has 8 heteroatoms. The fourth-order valence-electron chi connectivity index (χ4n) is 2.08. The Labute approximate surface area is 102 Å². The Morgan fingerprint density at radius 1 is 1.56 bits per heavy atom. The van der Waals surface area contributed by atoms with Crippen LogP contribution < -0.4 is 15.7 Å². The van der Waals surface area contributed by atoms with E-state index in [-0.39, 0.29) is 22.5 Å². The standard InChI is InChI=1S/C10H14N4O4/c1-13-8-7(9(17)12-10(13)18)14(2,5-11-8)3-6(16)4-15/h5-6,15-16H,3-4H2,1-2H3/p+1. The molecule has 0 saturated heterocycles. The third-order valence-electron chi connectivity index (χ3n) is 3.02. The Kier molecular flexibility index (Phi) is 2.93. The van der Waals surface area contributed by atoms with Crippen LogP contribution in [0.2, 0.25) is 0 Å². The molecular weight excluding hydrogens is 240 g/mol. The van der Waals surface area contributed by atoms with E-state index in [1.165, 1.54) is 18.0 Å². The molecule has 2 unspecified atom stereocenters. The highest BCUT2D eigenvalue weighted by molar-refractivity contribution is 5.86. The summed E-state index contributed by atoms with van der Waals surface area (Å²) in [4.78, 5) is 29.5. The number of fused-ring (bicyclic) bond motifs is 1.